The van der Waals surface area contributed by atoms with E-state index in [9.17, 15) is 9.59 Å². The highest BCUT2D eigenvalue weighted by Gasteiger charge is 2.39. The van der Waals surface area contributed by atoms with Gasteiger partial charge in [-0.05, 0) is 12.8 Å². The number of hydrogen-bond acceptors (Lipinski definition) is 2. The standard InChI is InChI=1S/C8H10N2O2/c1-5-8(12)10-4-2-3-6(10)7(11)9-5/h6H,1-4H2,(H,9,11)/t6-/m1/s1. The molecule has 0 aromatic rings. The minimum absolute atomic E-state index is 0.0860. The SMILES string of the molecule is C=C1NC(=O)[C@H]2CCCN2C1=O. The predicted octanol–water partition coefficient (Wildman–Crippen LogP) is -0.379. The normalized spacial score (nSPS) is 28.8. The van der Waals surface area contributed by atoms with Crippen LogP contribution in [-0.2, 0) is 9.59 Å². The molecule has 2 aliphatic heterocycles. The van der Waals surface area contributed by atoms with E-state index in [0.29, 0.717) is 6.54 Å². The van der Waals surface area contributed by atoms with Crippen LogP contribution in [0.3, 0.4) is 0 Å². The zero-order valence-corrected chi connectivity index (χ0v) is 6.67. The Labute approximate surface area is 70.2 Å². The van der Waals surface area contributed by atoms with Crippen molar-refractivity contribution in [2.75, 3.05) is 6.54 Å². The van der Waals surface area contributed by atoms with Crippen LogP contribution in [0.1, 0.15) is 12.8 Å². The molecule has 2 aliphatic rings. The summed E-state index contributed by atoms with van der Waals surface area (Å²) in [6.07, 6.45) is 1.70. The quantitative estimate of drug-likeness (QED) is 0.499. The first kappa shape index (κ1) is 7.34. The average molecular weight is 166 g/mol. The molecule has 2 rings (SSSR count). The van der Waals surface area contributed by atoms with Crippen molar-refractivity contribution >= 4 is 11.8 Å². The van der Waals surface area contributed by atoms with Crippen LogP contribution < -0.4 is 5.32 Å². The van der Waals surface area contributed by atoms with Crippen molar-refractivity contribution in [1.29, 1.82) is 0 Å². The summed E-state index contributed by atoms with van der Waals surface area (Å²) in [4.78, 5) is 24.2. The molecule has 0 aliphatic carbocycles. The van der Waals surface area contributed by atoms with Gasteiger partial charge in [0.25, 0.3) is 5.91 Å². The minimum Gasteiger partial charge on any atom is -0.325 e. The second-order valence-electron chi connectivity index (χ2n) is 3.12. The van der Waals surface area contributed by atoms with Gasteiger partial charge in [-0.3, -0.25) is 9.59 Å². The maximum Gasteiger partial charge on any atom is 0.270 e. The van der Waals surface area contributed by atoms with E-state index in [1.807, 2.05) is 0 Å². The Balaban J connectivity index is 2.29. The molecule has 0 aromatic carbocycles. The smallest absolute Gasteiger partial charge is 0.270 e. The first-order valence-electron chi connectivity index (χ1n) is 4.01. The van der Waals surface area contributed by atoms with Gasteiger partial charge in [-0.15, -0.1) is 0 Å². The molecule has 0 spiro atoms. The zero-order chi connectivity index (χ0) is 8.72. The summed E-state index contributed by atoms with van der Waals surface area (Å²) >= 11 is 0. The number of piperazine rings is 1. The Morgan fingerprint density at radius 2 is 2.25 bits per heavy atom. The van der Waals surface area contributed by atoms with Crippen molar-refractivity contribution in [3.63, 3.8) is 0 Å². The summed E-state index contributed by atoms with van der Waals surface area (Å²) in [5.74, 6) is -0.214. The first-order valence-corrected chi connectivity index (χ1v) is 4.01. The molecule has 4 nitrogen and oxygen atoms in total. The number of carbonyl (C=O) groups excluding carboxylic acids is 2. The fourth-order valence-electron chi connectivity index (χ4n) is 1.74. The highest BCUT2D eigenvalue weighted by atomic mass is 16.2. The van der Waals surface area contributed by atoms with Crippen LogP contribution in [0.25, 0.3) is 0 Å². The molecule has 0 bridgehead atoms. The molecule has 0 unspecified atom stereocenters. The lowest BCUT2D eigenvalue weighted by molar-refractivity contribution is -0.140. The third-order valence-electron chi connectivity index (χ3n) is 2.35. The van der Waals surface area contributed by atoms with Crippen molar-refractivity contribution in [1.82, 2.24) is 10.2 Å². The number of carbonyl (C=O) groups is 2. The fraction of sp³-hybridized carbons (Fsp3) is 0.500. The van der Waals surface area contributed by atoms with Crippen LogP contribution in [-0.4, -0.2) is 29.3 Å². The monoisotopic (exact) mass is 166 g/mol. The van der Waals surface area contributed by atoms with Crippen LogP contribution in [0, 0.1) is 0 Å². The highest BCUT2D eigenvalue weighted by Crippen LogP contribution is 2.22. The lowest BCUT2D eigenvalue weighted by Crippen LogP contribution is -2.53. The van der Waals surface area contributed by atoms with Crippen LogP contribution >= 0.6 is 0 Å². The molecule has 64 valence electrons. The highest BCUT2D eigenvalue weighted by molar-refractivity contribution is 6.04. The fourth-order valence-corrected chi connectivity index (χ4v) is 1.74. The lowest BCUT2D eigenvalue weighted by atomic mass is 10.1. The summed E-state index contributed by atoms with van der Waals surface area (Å²) in [5.41, 5.74) is 0.207. The number of amides is 2. The van der Waals surface area contributed by atoms with Crippen molar-refractivity contribution in [3.8, 4) is 0 Å². The van der Waals surface area contributed by atoms with Crippen molar-refractivity contribution < 1.29 is 9.59 Å². The van der Waals surface area contributed by atoms with Gasteiger partial charge in [0, 0.05) is 6.54 Å². The Bertz CT molecular complexity index is 272. The summed E-state index contributed by atoms with van der Waals surface area (Å²) in [7, 11) is 0. The second-order valence-corrected chi connectivity index (χ2v) is 3.12. The maximum absolute atomic E-state index is 11.4. The van der Waals surface area contributed by atoms with E-state index < -0.39 is 0 Å². The number of nitrogens with zero attached hydrogens (tertiary/aromatic N) is 1. The summed E-state index contributed by atoms with van der Waals surface area (Å²) in [6.45, 7) is 4.17. The van der Waals surface area contributed by atoms with E-state index in [2.05, 4.69) is 11.9 Å². The first-order chi connectivity index (χ1) is 5.70. The predicted molar refractivity (Wildman–Crippen MR) is 42.0 cm³/mol. The van der Waals surface area contributed by atoms with Crippen molar-refractivity contribution in [2.24, 2.45) is 0 Å². The Kier molecular flexibility index (Phi) is 1.43. The van der Waals surface area contributed by atoms with Crippen molar-refractivity contribution in [3.05, 3.63) is 12.3 Å². The van der Waals surface area contributed by atoms with Gasteiger partial charge in [0.1, 0.15) is 6.04 Å². The topological polar surface area (TPSA) is 49.4 Å². The largest absolute Gasteiger partial charge is 0.325 e. The van der Waals surface area contributed by atoms with Gasteiger partial charge in [-0.1, -0.05) is 6.58 Å². The Hall–Kier alpha value is -1.32. The molecule has 1 N–H and O–H groups in total. The van der Waals surface area contributed by atoms with Gasteiger partial charge in [-0.2, -0.15) is 0 Å². The Morgan fingerprint density at radius 1 is 1.50 bits per heavy atom. The molecular formula is C8H10N2O2. The lowest BCUT2D eigenvalue weighted by Gasteiger charge is -2.29. The molecule has 0 saturated carbocycles. The number of nitrogens with one attached hydrogen (secondary N) is 1. The van der Waals surface area contributed by atoms with E-state index in [4.69, 9.17) is 0 Å². The van der Waals surface area contributed by atoms with Gasteiger partial charge < -0.3 is 10.2 Å². The number of hydrogen-bond donors (Lipinski definition) is 1. The van der Waals surface area contributed by atoms with Crippen LogP contribution in [0.15, 0.2) is 12.3 Å². The molecule has 2 heterocycles. The maximum atomic E-state index is 11.4. The van der Waals surface area contributed by atoms with E-state index in [-0.39, 0.29) is 23.6 Å². The van der Waals surface area contributed by atoms with E-state index in [1.165, 1.54) is 0 Å². The van der Waals surface area contributed by atoms with Gasteiger partial charge in [-0.25, -0.2) is 0 Å². The number of rotatable bonds is 0. The van der Waals surface area contributed by atoms with Gasteiger partial charge in [0.15, 0.2) is 0 Å². The van der Waals surface area contributed by atoms with Gasteiger partial charge >= 0.3 is 0 Å². The van der Waals surface area contributed by atoms with Gasteiger partial charge in [0.2, 0.25) is 5.91 Å². The molecule has 2 saturated heterocycles. The molecular weight excluding hydrogens is 156 g/mol. The van der Waals surface area contributed by atoms with E-state index in [1.54, 1.807) is 4.90 Å². The minimum atomic E-state index is -0.233. The summed E-state index contributed by atoms with van der Waals surface area (Å²) < 4.78 is 0. The second kappa shape index (κ2) is 2.33. The molecule has 0 aromatic heterocycles. The molecule has 1 atom stereocenters. The average Bonchev–Trinajstić information content (AvgIpc) is 2.48. The van der Waals surface area contributed by atoms with Crippen LogP contribution in [0.4, 0.5) is 0 Å². The summed E-state index contributed by atoms with van der Waals surface area (Å²) in [6, 6.07) is -0.233. The molecule has 0 radical (unpaired) electrons. The molecule has 4 heteroatoms. The zero-order valence-electron chi connectivity index (χ0n) is 6.67. The van der Waals surface area contributed by atoms with Gasteiger partial charge in [0.05, 0.1) is 5.70 Å². The summed E-state index contributed by atoms with van der Waals surface area (Å²) in [5, 5.41) is 2.48. The van der Waals surface area contributed by atoms with E-state index >= 15 is 0 Å². The number of fused-ring (bicyclic) bond motifs is 1. The van der Waals surface area contributed by atoms with Crippen molar-refractivity contribution in [2.45, 2.75) is 18.9 Å². The van der Waals surface area contributed by atoms with Crippen LogP contribution in [0.2, 0.25) is 0 Å². The Morgan fingerprint density at radius 3 is 3.00 bits per heavy atom. The molecule has 2 amide bonds. The third-order valence-corrected chi connectivity index (χ3v) is 2.35. The van der Waals surface area contributed by atoms with Crippen LogP contribution in [0.5, 0.6) is 0 Å². The third kappa shape index (κ3) is 0.841. The van der Waals surface area contributed by atoms with E-state index in [0.717, 1.165) is 12.8 Å². The molecule has 2 fully saturated rings. The molecule has 12 heavy (non-hydrogen) atoms.